The molecule has 1 aliphatic rings. The van der Waals surface area contributed by atoms with E-state index >= 15 is 0 Å². The highest BCUT2D eigenvalue weighted by atomic mass is 35.5. The molecule has 4 rings (SSSR count). The number of carbonyl (C=O) groups excluding carboxylic acids is 2. The summed E-state index contributed by atoms with van der Waals surface area (Å²) >= 11 is 6.15. The van der Waals surface area contributed by atoms with E-state index in [-0.39, 0.29) is 23.4 Å². The highest BCUT2D eigenvalue weighted by Gasteiger charge is 2.39. The molecule has 32 heavy (non-hydrogen) atoms. The van der Waals surface area contributed by atoms with Crippen LogP contribution in [0.4, 0.5) is 10.1 Å². The van der Waals surface area contributed by atoms with Gasteiger partial charge < -0.3 is 5.32 Å². The molecule has 0 bridgehead atoms. The van der Waals surface area contributed by atoms with E-state index in [1.54, 1.807) is 30.3 Å². The van der Waals surface area contributed by atoms with Gasteiger partial charge in [-0.2, -0.15) is 0 Å². The van der Waals surface area contributed by atoms with Crippen molar-refractivity contribution < 1.29 is 14.0 Å². The molecule has 162 valence electrons. The van der Waals surface area contributed by atoms with Gasteiger partial charge in [-0.25, -0.2) is 4.39 Å². The van der Waals surface area contributed by atoms with Gasteiger partial charge in [-0.3, -0.25) is 14.5 Å². The highest BCUT2D eigenvalue weighted by molar-refractivity contribution is 6.36. The van der Waals surface area contributed by atoms with Crippen LogP contribution in [-0.4, -0.2) is 16.7 Å². The minimum atomic E-state index is -0.508. The first-order valence-electron chi connectivity index (χ1n) is 10.2. The van der Waals surface area contributed by atoms with Crippen molar-refractivity contribution in [2.24, 2.45) is 0 Å². The van der Waals surface area contributed by atoms with E-state index in [0.29, 0.717) is 16.3 Å². The Hall–Kier alpha value is -3.44. The Kier molecular flexibility index (Phi) is 5.85. The maximum absolute atomic E-state index is 14.3. The average Bonchev–Trinajstić information content (AvgIpc) is 2.98. The molecule has 0 atom stereocenters. The fraction of sp³-hybridized carbons (Fsp3) is 0.154. The third-order valence-corrected chi connectivity index (χ3v) is 5.94. The predicted molar refractivity (Wildman–Crippen MR) is 125 cm³/mol. The van der Waals surface area contributed by atoms with Crippen LogP contribution in [0, 0.1) is 26.6 Å². The summed E-state index contributed by atoms with van der Waals surface area (Å²) in [6.07, 6.45) is 0. The third kappa shape index (κ3) is 4.04. The molecule has 0 aliphatic carbocycles. The van der Waals surface area contributed by atoms with Crippen molar-refractivity contribution in [2.75, 3.05) is 5.32 Å². The van der Waals surface area contributed by atoms with Gasteiger partial charge in [-0.05, 0) is 61.2 Å². The smallest absolute Gasteiger partial charge is 0.278 e. The molecule has 0 fully saturated rings. The molecule has 6 heteroatoms. The number of amides is 2. The quantitative estimate of drug-likeness (QED) is 0.502. The number of halogens is 2. The second kappa shape index (κ2) is 8.60. The molecule has 1 aliphatic heterocycles. The number of hydrogen-bond acceptors (Lipinski definition) is 3. The summed E-state index contributed by atoms with van der Waals surface area (Å²) in [5.41, 5.74) is 4.89. The molecular formula is C26H22ClFN2O2. The third-order valence-electron chi connectivity index (χ3n) is 5.71. The second-order valence-corrected chi connectivity index (χ2v) is 8.36. The molecule has 4 nitrogen and oxygen atoms in total. The highest BCUT2D eigenvalue weighted by Crippen LogP contribution is 2.33. The summed E-state index contributed by atoms with van der Waals surface area (Å²) in [6, 6.07) is 17.0. The van der Waals surface area contributed by atoms with Gasteiger partial charge in [0.1, 0.15) is 11.5 Å². The number of hydrogen-bond donors (Lipinski definition) is 1. The summed E-state index contributed by atoms with van der Waals surface area (Å²) in [5.74, 6) is -1.44. The molecule has 1 heterocycles. The average molecular weight is 449 g/mol. The Bertz CT molecular complexity index is 1280. The van der Waals surface area contributed by atoms with E-state index in [9.17, 15) is 14.0 Å². The summed E-state index contributed by atoms with van der Waals surface area (Å²) in [7, 11) is 0. The van der Waals surface area contributed by atoms with Crippen molar-refractivity contribution in [3.8, 4) is 0 Å². The lowest BCUT2D eigenvalue weighted by atomic mass is 9.99. The molecule has 0 unspecified atom stereocenters. The summed E-state index contributed by atoms with van der Waals surface area (Å²) < 4.78 is 14.3. The van der Waals surface area contributed by atoms with Crippen molar-refractivity contribution in [3.63, 3.8) is 0 Å². The summed E-state index contributed by atoms with van der Waals surface area (Å²) in [6.45, 7) is 5.66. The number of carbonyl (C=O) groups is 2. The van der Waals surface area contributed by atoms with Gasteiger partial charge in [-0.15, -0.1) is 0 Å². The van der Waals surface area contributed by atoms with E-state index in [1.165, 1.54) is 6.07 Å². The zero-order valence-electron chi connectivity index (χ0n) is 18.0. The van der Waals surface area contributed by atoms with Gasteiger partial charge in [0.25, 0.3) is 11.8 Å². The maximum atomic E-state index is 14.3. The number of nitrogens with one attached hydrogen (secondary N) is 1. The van der Waals surface area contributed by atoms with Crippen LogP contribution in [0.2, 0.25) is 5.02 Å². The van der Waals surface area contributed by atoms with Gasteiger partial charge in [-0.1, -0.05) is 54.1 Å². The Morgan fingerprint density at radius 3 is 2.31 bits per heavy atom. The number of benzene rings is 3. The van der Waals surface area contributed by atoms with Crippen molar-refractivity contribution in [1.29, 1.82) is 0 Å². The van der Waals surface area contributed by atoms with E-state index in [1.807, 2.05) is 45.0 Å². The van der Waals surface area contributed by atoms with Gasteiger partial charge in [0, 0.05) is 16.3 Å². The summed E-state index contributed by atoms with van der Waals surface area (Å²) in [4.78, 5) is 27.9. The number of nitrogens with zero attached hydrogens (tertiary/aromatic N) is 1. The van der Waals surface area contributed by atoms with E-state index in [0.717, 1.165) is 21.6 Å². The Morgan fingerprint density at radius 2 is 1.59 bits per heavy atom. The van der Waals surface area contributed by atoms with Crippen LogP contribution in [0.3, 0.4) is 0 Å². The zero-order chi connectivity index (χ0) is 23.0. The van der Waals surface area contributed by atoms with E-state index in [2.05, 4.69) is 5.32 Å². The standard InChI is InChI=1S/C26H22ClFN2O2/c1-15-8-10-18(12-17(15)3)23-24(29-22-13-20(27)11-9-16(22)2)26(32)30(25(23)31)14-19-6-4-5-7-21(19)28/h4-13,29H,14H2,1-3H3. The Labute approximate surface area is 191 Å². The number of anilines is 1. The van der Waals surface area contributed by atoms with Crippen LogP contribution in [0.25, 0.3) is 5.57 Å². The monoisotopic (exact) mass is 448 g/mol. The predicted octanol–water partition coefficient (Wildman–Crippen LogP) is 5.80. The van der Waals surface area contributed by atoms with Crippen molar-refractivity contribution in [2.45, 2.75) is 27.3 Å². The first-order valence-corrected chi connectivity index (χ1v) is 10.6. The van der Waals surface area contributed by atoms with Crippen LogP contribution in [0.1, 0.15) is 27.8 Å². The van der Waals surface area contributed by atoms with Gasteiger partial charge in [0.05, 0.1) is 12.1 Å². The van der Waals surface area contributed by atoms with Crippen LogP contribution >= 0.6 is 11.6 Å². The van der Waals surface area contributed by atoms with Crippen LogP contribution in [0.15, 0.2) is 66.4 Å². The van der Waals surface area contributed by atoms with Crippen LogP contribution < -0.4 is 5.32 Å². The Morgan fingerprint density at radius 1 is 0.875 bits per heavy atom. The van der Waals surface area contributed by atoms with Crippen LogP contribution in [0.5, 0.6) is 0 Å². The molecule has 2 amide bonds. The topological polar surface area (TPSA) is 49.4 Å². The normalized spacial score (nSPS) is 13.8. The van der Waals surface area contributed by atoms with Gasteiger partial charge in [0.2, 0.25) is 0 Å². The van der Waals surface area contributed by atoms with Gasteiger partial charge in [0.15, 0.2) is 0 Å². The SMILES string of the molecule is Cc1ccc(C2=C(Nc3cc(Cl)ccc3C)C(=O)N(Cc3ccccc3F)C2=O)cc1C. The molecule has 0 saturated carbocycles. The molecule has 0 saturated heterocycles. The molecule has 0 aromatic heterocycles. The van der Waals surface area contributed by atoms with Crippen molar-refractivity contribution >= 4 is 34.7 Å². The maximum Gasteiger partial charge on any atom is 0.278 e. The molecule has 1 N–H and O–H groups in total. The fourth-order valence-corrected chi connectivity index (χ4v) is 3.83. The molecule has 0 radical (unpaired) electrons. The molecule has 3 aromatic carbocycles. The first kappa shape index (κ1) is 21.8. The van der Waals surface area contributed by atoms with Crippen molar-refractivity contribution in [1.82, 2.24) is 4.90 Å². The lowest BCUT2D eigenvalue weighted by molar-refractivity contribution is -0.137. The number of imide groups is 1. The summed E-state index contributed by atoms with van der Waals surface area (Å²) in [5, 5.41) is 3.64. The molecular weight excluding hydrogens is 427 g/mol. The molecule has 3 aromatic rings. The lowest BCUT2D eigenvalue weighted by Crippen LogP contribution is -2.32. The molecule has 0 spiro atoms. The largest absolute Gasteiger partial charge is 0.350 e. The minimum absolute atomic E-state index is 0.153. The minimum Gasteiger partial charge on any atom is -0.350 e. The number of rotatable bonds is 5. The number of aryl methyl sites for hydroxylation is 3. The fourth-order valence-electron chi connectivity index (χ4n) is 3.66. The van der Waals surface area contributed by atoms with Crippen LogP contribution in [-0.2, 0) is 16.1 Å². The first-order chi connectivity index (χ1) is 15.3. The second-order valence-electron chi connectivity index (χ2n) is 7.92. The van der Waals surface area contributed by atoms with E-state index in [4.69, 9.17) is 11.6 Å². The Balaban J connectivity index is 1.81. The van der Waals surface area contributed by atoms with E-state index < -0.39 is 17.6 Å². The van der Waals surface area contributed by atoms with Gasteiger partial charge >= 0.3 is 0 Å². The van der Waals surface area contributed by atoms with Crippen molar-refractivity contribution in [3.05, 3.63) is 105 Å². The lowest BCUT2D eigenvalue weighted by Gasteiger charge is -2.16. The zero-order valence-corrected chi connectivity index (χ0v) is 18.8.